The zero-order chi connectivity index (χ0) is 16.3. The van der Waals surface area contributed by atoms with Crippen LogP contribution in [0.1, 0.15) is 34.8 Å². The fourth-order valence-electron chi connectivity index (χ4n) is 2.09. The molecule has 1 heterocycles. The molecule has 1 unspecified atom stereocenters. The number of carboxylic acids is 1. The Hall–Kier alpha value is -2.83. The van der Waals surface area contributed by atoms with Crippen molar-refractivity contribution in [2.75, 3.05) is 12.8 Å². The molecule has 0 radical (unpaired) electrons. The molecule has 0 fully saturated rings. The molecule has 2 aromatic rings. The highest BCUT2D eigenvalue weighted by Crippen LogP contribution is 2.26. The van der Waals surface area contributed by atoms with E-state index in [1.807, 2.05) is 0 Å². The third-order valence-corrected chi connectivity index (χ3v) is 3.11. The molecule has 0 amide bonds. The Morgan fingerprint density at radius 2 is 1.82 bits per heavy atom. The molecule has 1 atom stereocenters. The number of rotatable bonds is 5. The van der Waals surface area contributed by atoms with Gasteiger partial charge in [0.05, 0.1) is 12.8 Å². The topological polar surface area (TPSA) is 108 Å². The second-order valence-corrected chi connectivity index (χ2v) is 4.67. The van der Waals surface area contributed by atoms with Gasteiger partial charge in [0.2, 0.25) is 5.95 Å². The van der Waals surface area contributed by atoms with Crippen molar-refractivity contribution in [3.8, 4) is 11.5 Å². The van der Waals surface area contributed by atoms with Crippen molar-refractivity contribution in [2.45, 2.75) is 20.0 Å². The van der Waals surface area contributed by atoms with Crippen molar-refractivity contribution in [1.29, 1.82) is 0 Å². The fourth-order valence-corrected chi connectivity index (χ4v) is 2.09. The van der Waals surface area contributed by atoms with E-state index in [4.69, 9.17) is 15.2 Å². The van der Waals surface area contributed by atoms with Crippen molar-refractivity contribution in [3.63, 3.8) is 0 Å². The van der Waals surface area contributed by atoms with Crippen molar-refractivity contribution in [2.24, 2.45) is 0 Å². The third-order valence-electron chi connectivity index (χ3n) is 3.11. The van der Waals surface area contributed by atoms with Gasteiger partial charge >= 0.3 is 5.97 Å². The van der Waals surface area contributed by atoms with Gasteiger partial charge in [-0.2, -0.15) is 0 Å². The van der Waals surface area contributed by atoms with Crippen LogP contribution in [0.5, 0.6) is 11.5 Å². The molecule has 22 heavy (non-hydrogen) atoms. The number of nitrogens with zero attached hydrogens (tertiary/aromatic N) is 2. The van der Waals surface area contributed by atoms with E-state index in [1.54, 1.807) is 45.2 Å². The number of aryl methyl sites for hydroxylation is 1. The van der Waals surface area contributed by atoms with E-state index in [0.29, 0.717) is 17.2 Å². The highest BCUT2D eigenvalue weighted by atomic mass is 16.5. The molecule has 0 aliphatic heterocycles. The van der Waals surface area contributed by atoms with Crippen LogP contribution in [0.2, 0.25) is 0 Å². The summed E-state index contributed by atoms with van der Waals surface area (Å²) < 4.78 is 10.8. The summed E-state index contributed by atoms with van der Waals surface area (Å²) in [5.74, 6) is 0.174. The Labute approximate surface area is 127 Å². The lowest BCUT2D eigenvalue weighted by Crippen LogP contribution is -2.17. The molecule has 0 spiro atoms. The number of nitrogens with two attached hydrogens (primary N) is 1. The van der Waals surface area contributed by atoms with Crippen LogP contribution >= 0.6 is 0 Å². The molecule has 0 aliphatic carbocycles. The molecule has 2 rings (SSSR count). The number of aromatic nitrogens is 2. The summed E-state index contributed by atoms with van der Waals surface area (Å²) in [6.45, 7) is 3.28. The zero-order valence-corrected chi connectivity index (χ0v) is 12.5. The summed E-state index contributed by atoms with van der Waals surface area (Å²) >= 11 is 0. The normalized spacial score (nSPS) is 11.8. The molecule has 7 heteroatoms. The van der Waals surface area contributed by atoms with Gasteiger partial charge in [-0.15, -0.1) is 0 Å². The summed E-state index contributed by atoms with van der Waals surface area (Å²) in [5, 5.41) is 9.33. The number of carbonyl (C=O) groups is 1. The number of methoxy groups -OCH3 is 1. The van der Waals surface area contributed by atoms with E-state index in [2.05, 4.69) is 9.97 Å². The minimum absolute atomic E-state index is 0.00946. The first-order valence-electron chi connectivity index (χ1n) is 6.60. The zero-order valence-electron chi connectivity index (χ0n) is 12.5. The third kappa shape index (κ3) is 3.25. The number of benzene rings is 1. The average Bonchev–Trinajstić information content (AvgIpc) is 2.46. The van der Waals surface area contributed by atoms with Gasteiger partial charge in [-0.1, -0.05) is 0 Å². The quantitative estimate of drug-likeness (QED) is 0.871. The standard InChI is InChI=1S/C15H17N3O4/c1-8-12(14(19)20)13(18-15(16)17-8)9(2)22-11-6-4-10(21-3)5-7-11/h4-7,9H,1-3H3,(H,19,20)(H2,16,17,18). The van der Waals surface area contributed by atoms with Gasteiger partial charge in [-0.25, -0.2) is 14.8 Å². The smallest absolute Gasteiger partial charge is 0.339 e. The Kier molecular flexibility index (Phi) is 4.45. The molecule has 0 saturated carbocycles. The van der Waals surface area contributed by atoms with Gasteiger partial charge in [0, 0.05) is 0 Å². The lowest BCUT2D eigenvalue weighted by atomic mass is 10.1. The predicted octanol–water partition coefficient (Wildman–Crippen LogP) is 2.21. The number of aromatic carboxylic acids is 1. The number of ether oxygens (including phenoxy) is 2. The van der Waals surface area contributed by atoms with Gasteiger partial charge in [-0.05, 0) is 38.1 Å². The number of hydrogen-bond donors (Lipinski definition) is 2. The van der Waals surface area contributed by atoms with Crippen LogP contribution in [0, 0.1) is 6.92 Å². The maximum absolute atomic E-state index is 11.4. The molecule has 1 aromatic carbocycles. The summed E-state index contributed by atoms with van der Waals surface area (Å²) in [7, 11) is 1.57. The van der Waals surface area contributed by atoms with E-state index in [9.17, 15) is 9.90 Å². The summed E-state index contributed by atoms with van der Waals surface area (Å²) in [6, 6.07) is 6.96. The Balaban J connectivity index is 2.32. The number of nitrogen functional groups attached to an aromatic ring is 1. The average molecular weight is 303 g/mol. The Bertz CT molecular complexity index is 686. The highest BCUT2D eigenvalue weighted by molar-refractivity contribution is 5.90. The minimum Gasteiger partial charge on any atom is -0.497 e. The van der Waals surface area contributed by atoms with Crippen molar-refractivity contribution in [1.82, 2.24) is 9.97 Å². The molecule has 3 N–H and O–H groups in total. The van der Waals surface area contributed by atoms with Crippen molar-refractivity contribution >= 4 is 11.9 Å². The lowest BCUT2D eigenvalue weighted by molar-refractivity contribution is 0.0689. The van der Waals surface area contributed by atoms with Crippen molar-refractivity contribution < 1.29 is 19.4 Å². The molecule has 7 nitrogen and oxygen atoms in total. The molecule has 116 valence electrons. The molecule has 1 aromatic heterocycles. The van der Waals surface area contributed by atoms with Crippen LogP contribution in [0.3, 0.4) is 0 Å². The summed E-state index contributed by atoms with van der Waals surface area (Å²) in [5.41, 5.74) is 6.17. The Morgan fingerprint density at radius 3 is 2.36 bits per heavy atom. The second-order valence-electron chi connectivity index (χ2n) is 4.67. The summed E-state index contributed by atoms with van der Waals surface area (Å²) in [4.78, 5) is 19.3. The van der Waals surface area contributed by atoms with E-state index in [1.165, 1.54) is 0 Å². The maximum atomic E-state index is 11.4. The van der Waals surface area contributed by atoms with Gasteiger partial charge in [0.25, 0.3) is 0 Å². The molecular formula is C15H17N3O4. The number of hydrogen-bond acceptors (Lipinski definition) is 6. The molecule has 0 saturated heterocycles. The largest absolute Gasteiger partial charge is 0.497 e. The molecule has 0 bridgehead atoms. The van der Waals surface area contributed by atoms with Crippen molar-refractivity contribution in [3.05, 3.63) is 41.2 Å². The van der Waals surface area contributed by atoms with Crippen LogP contribution in [-0.2, 0) is 0 Å². The van der Waals surface area contributed by atoms with E-state index < -0.39 is 12.1 Å². The van der Waals surface area contributed by atoms with E-state index in [0.717, 1.165) is 0 Å². The SMILES string of the molecule is COc1ccc(OC(C)c2nc(N)nc(C)c2C(=O)O)cc1. The van der Waals surface area contributed by atoms with Gasteiger partial charge in [-0.3, -0.25) is 0 Å². The first kappa shape index (κ1) is 15.6. The highest BCUT2D eigenvalue weighted by Gasteiger charge is 2.22. The minimum atomic E-state index is -1.11. The van der Waals surface area contributed by atoms with Crippen LogP contribution < -0.4 is 15.2 Å². The summed E-state index contributed by atoms with van der Waals surface area (Å²) in [6.07, 6.45) is -0.594. The van der Waals surface area contributed by atoms with Gasteiger partial charge in [0.1, 0.15) is 28.9 Å². The van der Waals surface area contributed by atoms with Gasteiger partial charge in [0.15, 0.2) is 0 Å². The van der Waals surface area contributed by atoms with Crippen LogP contribution in [-0.4, -0.2) is 28.2 Å². The Morgan fingerprint density at radius 1 is 1.23 bits per heavy atom. The van der Waals surface area contributed by atoms with E-state index >= 15 is 0 Å². The predicted molar refractivity (Wildman–Crippen MR) is 80.2 cm³/mol. The lowest BCUT2D eigenvalue weighted by Gasteiger charge is -2.17. The monoisotopic (exact) mass is 303 g/mol. The first-order valence-corrected chi connectivity index (χ1v) is 6.60. The number of carboxylic acid groups (broad SMARTS) is 1. The van der Waals surface area contributed by atoms with Gasteiger partial charge < -0.3 is 20.3 Å². The maximum Gasteiger partial charge on any atom is 0.339 e. The number of anilines is 1. The second kappa shape index (κ2) is 6.30. The van der Waals surface area contributed by atoms with Crippen LogP contribution in [0.25, 0.3) is 0 Å². The molecular weight excluding hydrogens is 286 g/mol. The van der Waals surface area contributed by atoms with Crippen LogP contribution in [0.15, 0.2) is 24.3 Å². The van der Waals surface area contributed by atoms with Crippen LogP contribution in [0.4, 0.5) is 5.95 Å². The fraction of sp³-hybridized carbons (Fsp3) is 0.267. The van der Waals surface area contributed by atoms with E-state index in [-0.39, 0.29) is 17.2 Å². The first-order chi connectivity index (χ1) is 10.4. The molecule has 0 aliphatic rings.